The van der Waals surface area contributed by atoms with E-state index in [1.165, 1.54) is 0 Å². The second-order valence-corrected chi connectivity index (χ2v) is 2.76. The van der Waals surface area contributed by atoms with E-state index < -0.39 is 18.2 Å². The molecule has 1 N–H and O–H groups in total. The second-order valence-electron chi connectivity index (χ2n) is 2.76. The predicted molar refractivity (Wildman–Crippen MR) is 43.5 cm³/mol. The van der Waals surface area contributed by atoms with Crippen LogP contribution in [-0.4, -0.2) is 43.2 Å². The Bertz CT molecular complexity index is 208. The molecule has 14 heavy (non-hydrogen) atoms. The Labute approximate surface area is 80.7 Å². The number of carbonyl (C=O) groups is 2. The lowest BCUT2D eigenvalue weighted by atomic mass is 10.3. The summed E-state index contributed by atoms with van der Waals surface area (Å²) in [6.45, 7) is 1.08. The number of carboxylic acid groups (broad SMARTS) is 1. The molecule has 0 aliphatic carbocycles. The fourth-order valence-corrected chi connectivity index (χ4v) is 0.949. The molecule has 1 unspecified atom stereocenters. The Morgan fingerprint density at radius 1 is 1.36 bits per heavy atom. The SMILES string of the molecule is O=C(O)CCC(=O)OC1COCCO1. The number of rotatable bonds is 4. The lowest BCUT2D eigenvalue weighted by Gasteiger charge is -2.22. The quantitative estimate of drug-likeness (QED) is 0.637. The van der Waals surface area contributed by atoms with Crippen LogP contribution in [0.4, 0.5) is 0 Å². The van der Waals surface area contributed by atoms with Gasteiger partial charge in [0.15, 0.2) is 0 Å². The molecule has 0 saturated carbocycles. The van der Waals surface area contributed by atoms with E-state index in [0.717, 1.165) is 0 Å². The normalized spacial score (nSPS) is 21.6. The van der Waals surface area contributed by atoms with E-state index in [9.17, 15) is 9.59 Å². The summed E-state index contributed by atoms with van der Waals surface area (Å²) >= 11 is 0. The highest BCUT2D eigenvalue weighted by Crippen LogP contribution is 2.04. The molecule has 6 heteroatoms. The molecule has 1 aliphatic heterocycles. The van der Waals surface area contributed by atoms with Gasteiger partial charge in [-0.1, -0.05) is 0 Å². The average Bonchev–Trinajstić information content (AvgIpc) is 2.16. The molecular formula is C8H12O6. The lowest BCUT2D eigenvalue weighted by molar-refractivity contribution is -0.214. The van der Waals surface area contributed by atoms with Gasteiger partial charge in [0.25, 0.3) is 0 Å². The van der Waals surface area contributed by atoms with Gasteiger partial charge in [0.05, 0.1) is 26.1 Å². The molecule has 0 aromatic rings. The fraction of sp³-hybridized carbons (Fsp3) is 0.750. The first kappa shape index (κ1) is 10.9. The zero-order chi connectivity index (χ0) is 10.4. The molecule has 0 aromatic carbocycles. The first-order chi connectivity index (χ1) is 6.68. The van der Waals surface area contributed by atoms with E-state index in [1.807, 2.05) is 0 Å². The molecule has 1 rings (SSSR count). The Hall–Kier alpha value is -1.14. The van der Waals surface area contributed by atoms with Crippen molar-refractivity contribution >= 4 is 11.9 Å². The molecule has 1 heterocycles. The van der Waals surface area contributed by atoms with Crippen molar-refractivity contribution in [2.45, 2.75) is 19.1 Å². The van der Waals surface area contributed by atoms with Crippen LogP contribution in [0.3, 0.4) is 0 Å². The van der Waals surface area contributed by atoms with Gasteiger partial charge >= 0.3 is 11.9 Å². The molecule has 0 aromatic heterocycles. The average molecular weight is 204 g/mol. The zero-order valence-corrected chi connectivity index (χ0v) is 7.60. The van der Waals surface area contributed by atoms with Gasteiger partial charge in [-0.3, -0.25) is 9.59 Å². The van der Waals surface area contributed by atoms with E-state index in [2.05, 4.69) is 0 Å². The van der Waals surface area contributed by atoms with Gasteiger partial charge in [-0.15, -0.1) is 0 Å². The molecular weight excluding hydrogens is 192 g/mol. The van der Waals surface area contributed by atoms with Crippen molar-refractivity contribution in [1.82, 2.24) is 0 Å². The van der Waals surface area contributed by atoms with Gasteiger partial charge in [0, 0.05) is 0 Å². The standard InChI is InChI=1S/C8H12O6/c9-6(10)1-2-7(11)14-8-5-12-3-4-13-8/h8H,1-5H2,(H,9,10). The largest absolute Gasteiger partial charge is 0.481 e. The molecule has 0 spiro atoms. The first-order valence-corrected chi connectivity index (χ1v) is 4.29. The molecule has 1 fully saturated rings. The summed E-state index contributed by atoms with van der Waals surface area (Å²) in [5, 5.41) is 8.30. The number of esters is 1. The van der Waals surface area contributed by atoms with Gasteiger partial charge in [-0.2, -0.15) is 0 Å². The maximum absolute atomic E-state index is 11.0. The minimum Gasteiger partial charge on any atom is -0.481 e. The molecule has 0 amide bonds. The van der Waals surface area contributed by atoms with Gasteiger partial charge < -0.3 is 19.3 Å². The number of ether oxygens (including phenoxy) is 3. The van der Waals surface area contributed by atoms with Crippen molar-refractivity contribution in [1.29, 1.82) is 0 Å². The number of aliphatic carboxylic acids is 1. The third-order valence-electron chi connectivity index (χ3n) is 1.59. The van der Waals surface area contributed by atoms with Crippen molar-refractivity contribution < 1.29 is 28.9 Å². The fourth-order valence-electron chi connectivity index (χ4n) is 0.949. The third kappa shape index (κ3) is 4.20. The minimum absolute atomic E-state index is 0.144. The van der Waals surface area contributed by atoms with Gasteiger partial charge in [-0.05, 0) is 0 Å². The predicted octanol–water partition coefficient (Wildman–Crippen LogP) is -0.233. The van der Waals surface area contributed by atoms with Crippen molar-refractivity contribution in [2.24, 2.45) is 0 Å². The summed E-state index contributed by atoms with van der Waals surface area (Å²) in [6, 6.07) is 0. The number of hydrogen-bond acceptors (Lipinski definition) is 5. The highest BCUT2D eigenvalue weighted by atomic mass is 16.7. The van der Waals surface area contributed by atoms with E-state index in [4.69, 9.17) is 19.3 Å². The van der Waals surface area contributed by atoms with Gasteiger partial charge in [0.1, 0.15) is 6.61 Å². The Morgan fingerprint density at radius 3 is 2.71 bits per heavy atom. The topological polar surface area (TPSA) is 82.1 Å². The van der Waals surface area contributed by atoms with Crippen molar-refractivity contribution in [3.8, 4) is 0 Å². The zero-order valence-electron chi connectivity index (χ0n) is 7.60. The summed E-state index contributed by atoms with van der Waals surface area (Å²) < 4.78 is 14.8. The van der Waals surface area contributed by atoms with Crippen LogP contribution in [-0.2, 0) is 23.8 Å². The van der Waals surface area contributed by atoms with Crippen LogP contribution >= 0.6 is 0 Å². The van der Waals surface area contributed by atoms with E-state index in [-0.39, 0.29) is 19.4 Å². The molecule has 1 aliphatic rings. The van der Waals surface area contributed by atoms with Crippen LogP contribution in [0, 0.1) is 0 Å². The Balaban J connectivity index is 2.15. The highest BCUT2D eigenvalue weighted by Gasteiger charge is 2.18. The molecule has 1 saturated heterocycles. The van der Waals surface area contributed by atoms with Gasteiger partial charge in [-0.25, -0.2) is 0 Å². The monoisotopic (exact) mass is 204 g/mol. The van der Waals surface area contributed by atoms with Crippen molar-refractivity contribution in [2.75, 3.05) is 19.8 Å². The van der Waals surface area contributed by atoms with E-state index >= 15 is 0 Å². The maximum atomic E-state index is 11.0. The molecule has 80 valence electrons. The Kier molecular flexibility index (Phi) is 4.34. The first-order valence-electron chi connectivity index (χ1n) is 4.29. The number of hydrogen-bond donors (Lipinski definition) is 1. The summed E-state index contributed by atoms with van der Waals surface area (Å²) in [6.07, 6.45) is -1.06. The lowest BCUT2D eigenvalue weighted by Crippen LogP contribution is -2.32. The maximum Gasteiger partial charge on any atom is 0.308 e. The summed E-state index contributed by atoms with van der Waals surface area (Å²) in [5.74, 6) is -1.61. The number of carbonyl (C=O) groups excluding carboxylic acids is 1. The van der Waals surface area contributed by atoms with Crippen LogP contribution in [0.15, 0.2) is 0 Å². The molecule has 6 nitrogen and oxygen atoms in total. The van der Waals surface area contributed by atoms with E-state index in [0.29, 0.717) is 13.2 Å². The van der Waals surface area contributed by atoms with Crippen molar-refractivity contribution in [3.05, 3.63) is 0 Å². The molecule has 0 radical (unpaired) electrons. The third-order valence-corrected chi connectivity index (χ3v) is 1.59. The highest BCUT2D eigenvalue weighted by molar-refractivity contribution is 5.76. The van der Waals surface area contributed by atoms with Gasteiger partial charge in [0.2, 0.25) is 6.29 Å². The van der Waals surface area contributed by atoms with Crippen LogP contribution in [0.5, 0.6) is 0 Å². The summed E-state index contributed by atoms with van der Waals surface area (Å²) in [7, 11) is 0. The van der Waals surface area contributed by atoms with Crippen LogP contribution in [0.25, 0.3) is 0 Å². The van der Waals surface area contributed by atoms with E-state index in [1.54, 1.807) is 0 Å². The van der Waals surface area contributed by atoms with Crippen LogP contribution < -0.4 is 0 Å². The van der Waals surface area contributed by atoms with Crippen LogP contribution in [0.2, 0.25) is 0 Å². The van der Waals surface area contributed by atoms with Crippen molar-refractivity contribution in [3.63, 3.8) is 0 Å². The minimum atomic E-state index is -1.03. The summed E-state index contributed by atoms with van der Waals surface area (Å²) in [5.41, 5.74) is 0. The smallest absolute Gasteiger partial charge is 0.308 e. The number of carboxylic acids is 1. The van der Waals surface area contributed by atoms with Crippen LogP contribution in [0.1, 0.15) is 12.8 Å². The molecule has 0 bridgehead atoms. The summed E-state index contributed by atoms with van der Waals surface area (Å²) in [4.78, 5) is 21.1. The second kappa shape index (κ2) is 5.56. The Morgan fingerprint density at radius 2 is 2.14 bits per heavy atom. The molecule has 1 atom stereocenters.